The molecule has 4 nitrogen and oxygen atoms in total. The van der Waals surface area contributed by atoms with Gasteiger partial charge in [0.2, 0.25) is 0 Å². The molecule has 0 aromatic carbocycles. The van der Waals surface area contributed by atoms with E-state index in [-0.39, 0.29) is 0 Å². The average molecular weight is 248 g/mol. The maximum atomic E-state index is 4.45. The van der Waals surface area contributed by atoms with Gasteiger partial charge in [-0.2, -0.15) is 0 Å². The number of nitrogens with one attached hydrogen (secondary N) is 1. The van der Waals surface area contributed by atoms with Crippen LogP contribution in [0.5, 0.6) is 0 Å². The average Bonchev–Trinajstić information content (AvgIpc) is 2.38. The third-order valence-electron chi connectivity index (χ3n) is 4.27. The van der Waals surface area contributed by atoms with E-state index in [1.165, 1.54) is 6.42 Å². The standard InChI is InChI=1S/C14H24N4/c1-10-7-17-13(8-16-10)9-18-6-5-14(15-4)11(2)12(18)3/h7-8,11-12,14-15H,5-6,9H2,1-4H3. The fourth-order valence-electron chi connectivity index (χ4n) is 2.78. The van der Waals surface area contributed by atoms with Gasteiger partial charge in [-0.1, -0.05) is 6.92 Å². The van der Waals surface area contributed by atoms with E-state index >= 15 is 0 Å². The molecule has 1 aromatic heterocycles. The first kappa shape index (κ1) is 13.4. The molecule has 2 rings (SSSR count). The zero-order valence-corrected chi connectivity index (χ0v) is 11.8. The third-order valence-corrected chi connectivity index (χ3v) is 4.27. The van der Waals surface area contributed by atoms with Gasteiger partial charge >= 0.3 is 0 Å². The fraction of sp³-hybridized carbons (Fsp3) is 0.714. The fourth-order valence-corrected chi connectivity index (χ4v) is 2.78. The summed E-state index contributed by atoms with van der Waals surface area (Å²) in [5.41, 5.74) is 2.05. The van der Waals surface area contributed by atoms with Crippen LogP contribution in [0.3, 0.4) is 0 Å². The molecule has 0 spiro atoms. The second-order valence-corrected chi connectivity index (χ2v) is 5.40. The molecule has 1 aliphatic heterocycles. The highest BCUT2D eigenvalue weighted by molar-refractivity contribution is 5.01. The first-order valence-corrected chi connectivity index (χ1v) is 6.80. The van der Waals surface area contributed by atoms with Gasteiger partial charge in [0.15, 0.2) is 0 Å². The summed E-state index contributed by atoms with van der Waals surface area (Å²) in [4.78, 5) is 11.3. The summed E-state index contributed by atoms with van der Waals surface area (Å²) in [7, 11) is 2.06. The molecule has 0 aliphatic carbocycles. The van der Waals surface area contributed by atoms with E-state index < -0.39 is 0 Å². The molecular formula is C14H24N4. The molecule has 18 heavy (non-hydrogen) atoms. The van der Waals surface area contributed by atoms with Crippen LogP contribution in [0.1, 0.15) is 31.7 Å². The van der Waals surface area contributed by atoms with Crippen molar-refractivity contribution in [1.29, 1.82) is 0 Å². The van der Waals surface area contributed by atoms with Crippen molar-refractivity contribution in [2.24, 2.45) is 5.92 Å². The molecule has 1 aromatic rings. The van der Waals surface area contributed by atoms with Gasteiger partial charge in [0.25, 0.3) is 0 Å². The molecule has 1 fully saturated rings. The van der Waals surface area contributed by atoms with Crippen molar-refractivity contribution in [3.05, 3.63) is 23.8 Å². The van der Waals surface area contributed by atoms with E-state index in [0.717, 1.165) is 24.5 Å². The van der Waals surface area contributed by atoms with Gasteiger partial charge in [0.1, 0.15) is 0 Å². The van der Waals surface area contributed by atoms with Crippen LogP contribution >= 0.6 is 0 Å². The summed E-state index contributed by atoms with van der Waals surface area (Å²) >= 11 is 0. The number of rotatable bonds is 3. The van der Waals surface area contributed by atoms with Crippen molar-refractivity contribution in [2.75, 3.05) is 13.6 Å². The lowest BCUT2D eigenvalue weighted by molar-refractivity contribution is 0.0799. The van der Waals surface area contributed by atoms with Crippen molar-refractivity contribution in [2.45, 2.75) is 45.8 Å². The van der Waals surface area contributed by atoms with E-state index in [4.69, 9.17) is 0 Å². The van der Waals surface area contributed by atoms with Crippen LogP contribution in [0.4, 0.5) is 0 Å². The highest BCUT2D eigenvalue weighted by Crippen LogP contribution is 2.24. The number of piperidine rings is 1. The van der Waals surface area contributed by atoms with Crippen molar-refractivity contribution >= 4 is 0 Å². The van der Waals surface area contributed by atoms with E-state index in [1.807, 2.05) is 19.3 Å². The number of aryl methyl sites for hydroxylation is 1. The molecule has 1 aliphatic rings. The Kier molecular flexibility index (Phi) is 4.30. The van der Waals surface area contributed by atoms with Crippen molar-refractivity contribution in [1.82, 2.24) is 20.2 Å². The Hall–Kier alpha value is -1.00. The van der Waals surface area contributed by atoms with Gasteiger partial charge in [-0.25, -0.2) is 0 Å². The zero-order chi connectivity index (χ0) is 13.1. The number of likely N-dealkylation sites (tertiary alicyclic amines) is 1. The maximum absolute atomic E-state index is 4.45. The van der Waals surface area contributed by atoms with Crippen LogP contribution in [0.2, 0.25) is 0 Å². The second kappa shape index (κ2) is 5.76. The highest BCUT2D eigenvalue weighted by atomic mass is 15.2. The first-order valence-electron chi connectivity index (χ1n) is 6.80. The van der Waals surface area contributed by atoms with Gasteiger partial charge < -0.3 is 5.32 Å². The van der Waals surface area contributed by atoms with E-state index in [9.17, 15) is 0 Å². The highest BCUT2D eigenvalue weighted by Gasteiger charge is 2.31. The molecule has 3 atom stereocenters. The first-order chi connectivity index (χ1) is 8.61. The van der Waals surface area contributed by atoms with Crippen LogP contribution in [0.25, 0.3) is 0 Å². The number of hydrogen-bond donors (Lipinski definition) is 1. The van der Waals surface area contributed by atoms with Crippen molar-refractivity contribution < 1.29 is 0 Å². The quantitative estimate of drug-likeness (QED) is 0.882. The Morgan fingerprint density at radius 1 is 1.33 bits per heavy atom. The minimum Gasteiger partial charge on any atom is -0.317 e. The molecule has 0 amide bonds. The van der Waals surface area contributed by atoms with Crippen LogP contribution < -0.4 is 5.32 Å². The molecular weight excluding hydrogens is 224 g/mol. The molecule has 2 heterocycles. The lowest BCUT2D eigenvalue weighted by atomic mass is 9.87. The predicted molar refractivity (Wildman–Crippen MR) is 73.3 cm³/mol. The van der Waals surface area contributed by atoms with Gasteiger partial charge in [-0.3, -0.25) is 14.9 Å². The maximum Gasteiger partial charge on any atom is 0.0727 e. The molecule has 4 heteroatoms. The largest absolute Gasteiger partial charge is 0.317 e. The second-order valence-electron chi connectivity index (χ2n) is 5.40. The van der Waals surface area contributed by atoms with Crippen LogP contribution in [-0.2, 0) is 6.54 Å². The van der Waals surface area contributed by atoms with Crippen LogP contribution in [-0.4, -0.2) is 40.5 Å². The molecule has 0 bridgehead atoms. The number of hydrogen-bond acceptors (Lipinski definition) is 4. The molecule has 100 valence electrons. The number of nitrogens with zero attached hydrogens (tertiary/aromatic N) is 3. The lowest BCUT2D eigenvalue weighted by Crippen LogP contribution is -2.52. The topological polar surface area (TPSA) is 41.0 Å². The smallest absolute Gasteiger partial charge is 0.0727 e. The lowest BCUT2D eigenvalue weighted by Gasteiger charge is -2.42. The summed E-state index contributed by atoms with van der Waals surface area (Å²) in [6.07, 6.45) is 4.96. The summed E-state index contributed by atoms with van der Waals surface area (Å²) in [6, 6.07) is 1.22. The van der Waals surface area contributed by atoms with E-state index in [1.54, 1.807) is 0 Å². The van der Waals surface area contributed by atoms with Crippen molar-refractivity contribution in [3.8, 4) is 0 Å². The minimum atomic E-state index is 0.583. The Bertz CT molecular complexity index is 376. The summed E-state index contributed by atoms with van der Waals surface area (Å²) < 4.78 is 0. The van der Waals surface area contributed by atoms with Crippen LogP contribution in [0.15, 0.2) is 12.4 Å². The predicted octanol–water partition coefficient (Wildman–Crippen LogP) is 1.60. The SMILES string of the molecule is CNC1CCN(Cc2cnc(C)cn2)C(C)C1C. The molecule has 0 saturated carbocycles. The zero-order valence-electron chi connectivity index (χ0n) is 11.8. The van der Waals surface area contributed by atoms with E-state index in [0.29, 0.717) is 18.0 Å². The van der Waals surface area contributed by atoms with Gasteiger partial charge in [-0.05, 0) is 33.2 Å². The summed E-state index contributed by atoms with van der Waals surface area (Å²) in [5, 5.41) is 3.42. The Morgan fingerprint density at radius 2 is 2.11 bits per heavy atom. The molecule has 0 radical (unpaired) electrons. The summed E-state index contributed by atoms with van der Waals surface area (Å²) in [5.74, 6) is 0.669. The summed E-state index contributed by atoms with van der Waals surface area (Å²) in [6.45, 7) is 8.66. The minimum absolute atomic E-state index is 0.583. The Morgan fingerprint density at radius 3 is 2.72 bits per heavy atom. The number of aromatic nitrogens is 2. The monoisotopic (exact) mass is 248 g/mol. The molecule has 3 unspecified atom stereocenters. The molecule has 1 saturated heterocycles. The van der Waals surface area contributed by atoms with Gasteiger partial charge in [0, 0.05) is 37.6 Å². The van der Waals surface area contributed by atoms with Crippen molar-refractivity contribution in [3.63, 3.8) is 0 Å². The van der Waals surface area contributed by atoms with Crippen LogP contribution in [0, 0.1) is 12.8 Å². The third kappa shape index (κ3) is 2.87. The van der Waals surface area contributed by atoms with Gasteiger partial charge in [0.05, 0.1) is 11.4 Å². The normalized spacial score (nSPS) is 29.4. The van der Waals surface area contributed by atoms with Gasteiger partial charge in [-0.15, -0.1) is 0 Å². The Balaban J connectivity index is 2.00. The van der Waals surface area contributed by atoms with E-state index in [2.05, 4.69) is 41.1 Å². The molecule has 1 N–H and O–H groups in total. The Labute approximate surface area is 110 Å².